The van der Waals surface area contributed by atoms with E-state index in [1.165, 1.54) is 4.90 Å². The van der Waals surface area contributed by atoms with Crippen molar-refractivity contribution in [2.45, 2.75) is 57.4 Å². The molecule has 176 valence electrons. The average Bonchev–Trinajstić information content (AvgIpc) is 2.75. The van der Waals surface area contributed by atoms with E-state index in [-0.39, 0.29) is 41.7 Å². The molecular weight excluding hydrogens is 527 g/mol. The number of amides is 1. The fourth-order valence-electron chi connectivity index (χ4n) is 3.44. The molecule has 0 aliphatic heterocycles. The van der Waals surface area contributed by atoms with Gasteiger partial charge < -0.3 is 20.3 Å². The zero-order valence-electron chi connectivity index (χ0n) is 19.1. The number of carbonyl (C=O) groups excluding carboxylic acids is 1. The van der Waals surface area contributed by atoms with Crippen LogP contribution in [0.15, 0.2) is 29.3 Å². The molecule has 3 unspecified atom stereocenters. The summed E-state index contributed by atoms with van der Waals surface area (Å²) in [6.07, 6.45) is 4.15. The Morgan fingerprint density at radius 3 is 2.74 bits per heavy atom. The molecule has 0 radical (unpaired) electrons. The predicted octanol–water partition coefficient (Wildman–Crippen LogP) is 2.91. The molecule has 7 nitrogen and oxygen atoms in total. The third kappa shape index (κ3) is 9.76. The number of guanidine groups is 1. The lowest BCUT2D eigenvalue weighted by Gasteiger charge is -2.30. The number of carbonyl (C=O) groups is 1. The molecule has 2 rings (SSSR count). The maximum absolute atomic E-state index is 12.2. The maximum Gasteiger partial charge on any atom is 0.259 e. The summed E-state index contributed by atoms with van der Waals surface area (Å²) < 4.78 is 17.8. The highest BCUT2D eigenvalue weighted by molar-refractivity contribution is 14.0. The molecule has 1 amide bonds. The Balaban J connectivity index is 0.00000480. The van der Waals surface area contributed by atoms with Crippen molar-refractivity contribution in [2.24, 2.45) is 4.99 Å². The summed E-state index contributed by atoms with van der Waals surface area (Å²) in [7, 11) is 2.68. The van der Waals surface area contributed by atoms with Gasteiger partial charge in [-0.3, -0.25) is 9.00 Å². The molecule has 3 atom stereocenters. The van der Waals surface area contributed by atoms with Crippen LogP contribution in [0.3, 0.4) is 0 Å². The number of rotatable bonds is 9. The predicted molar refractivity (Wildman–Crippen MR) is 139 cm³/mol. The minimum absolute atomic E-state index is 0. The topological polar surface area (TPSA) is 83.0 Å². The molecule has 1 fully saturated rings. The second kappa shape index (κ2) is 14.7. The molecule has 31 heavy (non-hydrogen) atoms. The quantitative estimate of drug-likeness (QED) is 0.274. The molecular formula is C22H37IN4O3S. The number of halogens is 1. The average molecular weight is 565 g/mol. The van der Waals surface area contributed by atoms with Gasteiger partial charge in [0.05, 0.1) is 6.54 Å². The van der Waals surface area contributed by atoms with E-state index in [4.69, 9.17) is 9.73 Å². The van der Waals surface area contributed by atoms with E-state index in [1.807, 2.05) is 38.1 Å². The molecule has 0 spiro atoms. The van der Waals surface area contributed by atoms with E-state index in [0.29, 0.717) is 18.3 Å². The highest BCUT2D eigenvalue weighted by Gasteiger charge is 2.26. The van der Waals surface area contributed by atoms with Crippen molar-refractivity contribution < 1.29 is 13.7 Å². The first-order valence-corrected chi connectivity index (χ1v) is 12.1. The number of nitrogens with zero attached hydrogens (tertiary/aromatic N) is 2. The van der Waals surface area contributed by atoms with Gasteiger partial charge in [-0.1, -0.05) is 25.5 Å². The molecule has 1 aromatic rings. The Hall–Kier alpha value is -1.36. The third-order valence-electron chi connectivity index (χ3n) is 5.15. The molecule has 9 heteroatoms. The van der Waals surface area contributed by atoms with E-state index in [1.54, 1.807) is 14.1 Å². The first-order valence-electron chi connectivity index (χ1n) is 10.8. The van der Waals surface area contributed by atoms with Crippen LogP contribution in [0.4, 0.5) is 0 Å². The van der Waals surface area contributed by atoms with Gasteiger partial charge in [-0.25, -0.2) is 4.99 Å². The van der Waals surface area contributed by atoms with Crippen molar-refractivity contribution in [3.63, 3.8) is 0 Å². The van der Waals surface area contributed by atoms with Crippen LogP contribution in [-0.2, 0) is 22.1 Å². The third-order valence-corrected chi connectivity index (χ3v) is 6.89. The Morgan fingerprint density at radius 2 is 2.06 bits per heavy atom. The molecule has 0 saturated heterocycles. The molecule has 1 aliphatic rings. The number of nitrogens with one attached hydrogen (secondary N) is 2. The van der Waals surface area contributed by atoms with Crippen molar-refractivity contribution in [2.75, 3.05) is 33.0 Å². The minimum Gasteiger partial charge on any atom is -0.484 e. The van der Waals surface area contributed by atoms with Crippen molar-refractivity contribution >= 4 is 46.6 Å². The Labute approximate surface area is 206 Å². The van der Waals surface area contributed by atoms with Crippen molar-refractivity contribution in [3.8, 4) is 5.75 Å². The summed E-state index contributed by atoms with van der Waals surface area (Å²) in [6, 6.07) is 7.96. The number of hydrogen-bond donors (Lipinski definition) is 2. The lowest BCUT2D eigenvalue weighted by Crippen LogP contribution is -2.46. The van der Waals surface area contributed by atoms with Crippen LogP contribution in [0.2, 0.25) is 0 Å². The van der Waals surface area contributed by atoms with Gasteiger partial charge in [-0.2, -0.15) is 0 Å². The maximum atomic E-state index is 12.2. The summed E-state index contributed by atoms with van der Waals surface area (Å²) in [5.74, 6) is 2.09. The molecule has 1 aromatic carbocycles. The zero-order valence-corrected chi connectivity index (χ0v) is 22.2. The lowest BCUT2D eigenvalue weighted by molar-refractivity contribution is -0.130. The number of aliphatic imine (C=N–C) groups is 1. The van der Waals surface area contributed by atoms with E-state index >= 15 is 0 Å². The molecule has 1 aliphatic carbocycles. The van der Waals surface area contributed by atoms with Gasteiger partial charge in [0.1, 0.15) is 5.75 Å². The molecule has 2 N–H and O–H groups in total. The Bertz CT molecular complexity index is 745. The molecule has 0 heterocycles. The van der Waals surface area contributed by atoms with E-state index in [2.05, 4.69) is 10.6 Å². The summed E-state index contributed by atoms with van der Waals surface area (Å²) in [4.78, 5) is 17.9. The smallest absolute Gasteiger partial charge is 0.259 e. The minimum atomic E-state index is -0.739. The van der Waals surface area contributed by atoms with Crippen LogP contribution in [0.1, 0.15) is 45.1 Å². The standard InChI is InChI=1S/C22H36N4O3S.HI/c1-5-23-22(25-18-10-8-12-20(14-18)30(28)6-2)24-15-17-9-7-11-19(13-17)29-16-21(27)26(3)4;/h7,9,11,13,18,20H,5-6,8,10,12,14-16H2,1-4H3,(H2,23,24,25);1H. The van der Waals surface area contributed by atoms with Crippen molar-refractivity contribution in [1.29, 1.82) is 0 Å². The van der Waals surface area contributed by atoms with Crippen LogP contribution >= 0.6 is 24.0 Å². The molecule has 0 aromatic heterocycles. The fraction of sp³-hybridized carbons (Fsp3) is 0.636. The van der Waals surface area contributed by atoms with Crippen LogP contribution in [0.25, 0.3) is 0 Å². The fourth-order valence-corrected chi connectivity index (χ4v) is 4.79. The zero-order chi connectivity index (χ0) is 21.9. The highest BCUT2D eigenvalue weighted by Crippen LogP contribution is 2.23. The highest BCUT2D eigenvalue weighted by atomic mass is 127. The monoisotopic (exact) mass is 564 g/mol. The van der Waals surface area contributed by atoms with Gasteiger partial charge >= 0.3 is 0 Å². The number of hydrogen-bond acceptors (Lipinski definition) is 4. The second-order valence-electron chi connectivity index (χ2n) is 7.72. The van der Waals surface area contributed by atoms with Crippen molar-refractivity contribution in [1.82, 2.24) is 15.5 Å². The van der Waals surface area contributed by atoms with Crippen LogP contribution in [0.5, 0.6) is 5.75 Å². The van der Waals surface area contributed by atoms with E-state index in [0.717, 1.165) is 49.5 Å². The van der Waals surface area contributed by atoms with E-state index in [9.17, 15) is 9.00 Å². The van der Waals surface area contributed by atoms with Gasteiger partial charge in [0, 0.05) is 48.5 Å². The largest absolute Gasteiger partial charge is 0.484 e. The van der Waals surface area contributed by atoms with Gasteiger partial charge in [0.25, 0.3) is 5.91 Å². The number of ether oxygens (including phenoxy) is 1. The summed E-state index contributed by atoms with van der Waals surface area (Å²) in [6.45, 7) is 5.34. The Kier molecular flexibility index (Phi) is 13.1. The first kappa shape index (κ1) is 27.7. The SMILES string of the molecule is CCNC(=NCc1cccc(OCC(=O)N(C)C)c1)NC1CCCC(S(=O)CC)C1.I. The van der Waals surface area contributed by atoms with Gasteiger partial charge in [0.15, 0.2) is 12.6 Å². The second-order valence-corrected chi connectivity index (χ2v) is 9.72. The van der Waals surface area contributed by atoms with Crippen LogP contribution < -0.4 is 15.4 Å². The molecule has 0 bridgehead atoms. The summed E-state index contributed by atoms with van der Waals surface area (Å²) >= 11 is 0. The van der Waals surface area contributed by atoms with Gasteiger partial charge in [0.2, 0.25) is 0 Å². The van der Waals surface area contributed by atoms with Crippen molar-refractivity contribution in [3.05, 3.63) is 29.8 Å². The normalized spacial score (nSPS) is 19.7. The van der Waals surface area contributed by atoms with Crippen LogP contribution in [-0.4, -0.2) is 65.3 Å². The first-order chi connectivity index (χ1) is 14.4. The lowest BCUT2D eigenvalue weighted by atomic mass is 9.95. The van der Waals surface area contributed by atoms with Crippen LogP contribution in [0, 0.1) is 0 Å². The number of likely N-dealkylation sites (N-methyl/N-ethyl adjacent to an activating group) is 1. The van der Waals surface area contributed by atoms with Gasteiger partial charge in [-0.15, -0.1) is 24.0 Å². The Morgan fingerprint density at radius 1 is 1.29 bits per heavy atom. The van der Waals surface area contributed by atoms with E-state index < -0.39 is 10.8 Å². The summed E-state index contributed by atoms with van der Waals surface area (Å²) in [5.41, 5.74) is 1.01. The molecule has 1 saturated carbocycles. The van der Waals surface area contributed by atoms with Gasteiger partial charge in [-0.05, 0) is 43.9 Å². The summed E-state index contributed by atoms with van der Waals surface area (Å²) in [5, 5.41) is 7.11. The number of benzene rings is 1.